The molecule has 0 atom stereocenters. The molecule has 0 spiro atoms. The van der Waals surface area contributed by atoms with Crippen molar-refractivity contribution in [3.8, 4) is 5.75 Å². The molecule has 0 radical (unpaired) electrons. The fraction of sp³-hybridized carbons (Fsp3) is 0.391. The van der Waals surface area contributed by atoms with Gasteiger partial charge in [-0.3, -0.25) is 4.79 Å². The van der Waals surface area contributed by atoms with Crippen molar-refractivity contribution >= 4 is 37.5 Å². The molecule has 4 rings (SSSR count). The Morgan fingerprint density at radius 1 is 1.16 bits per heavy atom. The van der Waals surface area contributed by atoms with Crippen molar-refractivity contribution in [3.05, 3.63) is 52.8 Å². The highest BCUT2D eigenvalue weighted by molar-refractivity contribution is 7.89. The molecule has 0 N–H and O–H groups in total. The number of hydrogen-bond acceptors (Lipinski definition) is 5. The van der Waals surface area contributed by atoms with Crippen molar-refractivity contribution in [2.45, 2.75) is 31.1 Å². The second kappa shape index (κ2) is 9.17. The third-order valence-corrected chi connectivity index (χ3v) is 9.00. The van der Waals surface area contributed by atoms with Gasteiger partial charge in [-0.1, -0.05) is 30.4 Å². The third-order valence-electron chi connectivity index (χ3n) is 5.99. The van der Waals surface area contributed by atoms with Crippen molar-refractivity contribution in [3.63, 3.8) is 0 Å². The van der Waals surface area contributed by atoms with E-state index in [0.717, 1.165) is 16.6 Å². The van der Waals surface area contributed by atoms with Crippen LogP contribution >= 0.6 is 11.3 Å². The van der Waals surface area contributed by atoms with Crippen LogP contribution in [-0.2, 0) is 28.3 Å². The summed E-state index contributed by atoms with van der Waals surface area (Å²) in [5, 5.41) is 0. The number of benzene rings is 2. The first-order chi connectivity index (χ1) is 15.3. The van der Waals surface area contributed by atoms with E-state index < -0.39 is 10.0 Å². The van der Waals surface area contributed by atoms with Gasteiger partial charge in [0.2, 0.25) is 10.0 Å². The van der Waals surface area contributed by atoms with E-state index in [1.807, 2.05) is 23.7 Å². The minimum Gasteiger partial charge on any atom is -0.497 e. The van der Waals surface area contributed by atoms with E-state index in [0.29, 0.717) is 36.5 Å². The highest BCUT2D eigenvalue weighted by Gasteiger charge is 2.32. The standard InChI is InChI=1S/C23H27N3O4S2/c1-4-16-6-5-7-20-21(16)25(2)23(31-20)24-22(27)17-12-14-26(15-13-17)32(28,29)19-10-8-18(30-3)9-11-19/h5-11,17H,4,12-15H2,1-3H3. The SMILES string of the molecule is CCc1cccc2sc(=NC(=O)C3CCN(S(=O)(=O)c4ccc(OC)cc4)CC3)n(C)c12. The normalized spacial score (nSPS) is 16.5. The summed E-state index contributed by atoms with van der Waals surface area (Å²) in [6.45, 7) is 2.72. The zero-order valence-electron chi connectivity index (χ0n) is 18.4. The molecule has 170 valence electrons. The van der Waals surface area contributed by atoms with E-state index in [1.54, 1.807) is 24.3 Å². The zero-order chi connectivity index (χ0) is 22.9. The Balaban J connectivity index is 1.49. The van der Waals surface area contributed by atoms with Gasteiger partial charge in [0, 0.05) is 26.1 Å². The first kappa shape index (κ1) is 22.7. The van der Waals surface area contributed by atoms with Gasteiger partial charge in [0.25, 0.3) is 5.91 Å². The maximum absolute atomic E-state index is 12.9. The molecule has 1 aliphatic heterocycles. The molecule has 1 amide bonds. The van der Waals surface area contributed by atoms with Gasteiger partial charge in [-0.15, -0.1) is 0 Å². The molecule has 1 aliphatic rings. The monoisotopic (exact) mass is 473 g/mol. The number of aromatic nitrogens is 1. The molecule has 2 aromatic carbocycles. The van der Waals surface area contributed by atoms with Gasteiger partial charge in [-0.2, -0.15) is 9.30 Å². The van der Waals surface area contributed by atoms with Crippen LogP contribution < -0.4 is 9.54 Å². The van der Waals surface area contributed by atoms with E-state index in [9.17, 15) is 13.2 Å². The van der Waals surface area contributed by atoms with Crippen LogP contribution in [0.4, 0.5) is 0 Å². The summed E-state index contributed by atoms with van der Waals surface area (Å²) < 4.78 is 35.5. The topological polar surface area (TPSA) is 81.0 Å². The van der Waals surface area contributed by atoms with Gasteiger partial charge in [-0.25, -0.2) is 8.42 Å². The molecule has 1 aromatic heterocycles. The molecule has 2 heterocycles. The number of sulfonamides is 1. The highest BCUT2D eigenvalue weighted by atomic mass is 32.2. The maximum atomic E-state index is 12.9. The molecular weight excluding hydrogens is 446 g/mol. The molecule has 1 saturated heterocycles. The van der Waals surface area contributed by atoms with E-state index in [-0.39, 0.29) is 16.7 Å². The summed E-state index contributed by atoms with van der Waals surface area (Å²) in [7, 11) is -0.115. The van der Waals surface area contributed by atoms with E-state index in [2.05, 4.69) is 18.0 Å². The lowest BCUT2D eigenvalue weighted by atomic mass is 9.98. The van der Waals surface area contributed by atoms with Crippen LogP contribution in [0.5, 0.6) is 5.75 Å². The first-order valence-corrected chi connectivity index (χ1v) is 12.9. The van der Waals surface area contributed by atoms with Crippen LogP contribution in [0.1, 0.15) is 25.3 Å². The molecule has 0 saturated carbocycles. The van der Waals surface area contributed by atoms with Crippen LogP contribution in [0.3, 0.4) is 0 Å². The van der Waals surface area contributed by atoms with Gasteiger partial charge in [-0.05, 0) is 55.2 Å². The third kappa shape index (κ3) is 4.24. The second-order valence-electron chi connectivity index (χ2n) is 7.87. The fourth-order valence-corrected chi connectivity index (χ4v) is 6.64. The minimum atomic E-state index is -3.59. The van der Waals surface area contributed by atoms with Crippen LogP contribution in [-0.4, -0.2) is 43.4 Å². The molecule has 0 aliphatic carbocycles. The number of ether oxygens (including phenoxy) is 1. The molecule has 7 nitrogen and oxygen atoms in total. The van der Waals surface area contributed by atoms with Gasteiger partial charge < -0.3 is 9.30 Å². The van der Waals surface area contributed by atoms with Gasteiger partial charge in [0.1, 0.15) is 5.75 Å². The van der Waals surface area contributed by atoms with Gasteiger partial charge in [0.15, 0.2) is 4.80 Å². The zero-order valence-corrected chi connectivity index (χ0v) is 20.1. The predicted octanol–water partition coefficient (Wildman–Crippen LogP) is 3.34. The number of piperidine rings is 1. The number of carbonyl (C=O) groups excluding carboxylic acids is 1. The quantitative estimate of drug-likeness (QED) is 0.569. The number of methoxy groups -OCH3 is 1. The van der Waals surface area contributed by atoms with Crippen molar-refractivity contribution in [2.75, 3.05) is 20.2 Å². The lowest BCUT2D eigenvalue weighted by Gasteiger charge is -2.29. The Bertz CT molecular complexity index is 1300. The number of thiazole rings is 1. The maximum Gasteiger partial charge on any atom is 0.251 e. The van der Waals surface area contributed by atoms with Crippen molar-refractivity contribution in [2.24, 2.45) is 18.0 Å². The highest BCUT2D eigenvalue weighted by Crippen LogP contribution is 2.26. The Hall–Kier alpha value is -2.49. The van der Waals surface area contributed by atoms with Gasteiger partial charge in [0.05, 0.1) is 22.2 Å². The molecule has 3 aromatic rings. The van der Waals surface area contributed by atoms with Crippen molar-refractivity contribution < 1.29 is 17.9 Å². The van der Waals surface area contributed by atoms with Crippen LogP contribution in [0.25, 0.3) is 10.2 Å². The first-order valence-electron chi connectivity index (χ1n) is 10.7. The molecule has 0 bridgehead atoms. The number of carbonyl (C=O) groups is 1. The number of fused-ring (bicyclic) bond motifs is 1. The van der Waals surface area contributed by atoms with Crippen LogP contribution in [0.2, 0.25) is 0 Å². The Morgan fingerprint density at radius 3 is 2.47 bits per heavy atom. The lowest BCUT2D eigenvalue weighted by Crippen LogP contribution is -2.40. The molecular formula is C23H27N3O4S2. The number of amides is 1. The number of nitrogens with zero attached hydrogens (tertiary/aromatic N) is 3. The predicted molar refractivity (Wildman–Crippen MR) is 125 cm³/mol. The van der Waals surface area contributed by atoms with Gasteiger partial charge >= 0.3 is 0 Å². The van der Waals surface area contributed by atoms with E-state index >= 15 is 0 Å². The Labute approximate surface area is 192 Å². The average Bonchev–Trinajstić information content (AvgIpc) is 3.14. The lowest BCUT2D eigenvalue weighted by molar-refractivity contribution is -0.122. The molecule has 9 heteroatoms. The summed E-state index contributed by atoms with van der Waals surface area (Å²) in [5.41, 5.74) is 2.35. The molecule has 32 heavy (non-hydrogen) atoms. The van der Waals surface area contributed by atoms with Crippen LogP contribution in [0.15, 0.2) is 52.4 Å². The number of aryl methyl sites for hydroxylation is 2. The van der Waals surface area contributed by atoms with E-state index in [1.165, 1.54) is 28.3 Å². The molecule has 0 unspecified atom stereocenters. The smallest absolute Gasteiger partial charge is 0.251 e. The summed E-state index contributed by atoms with van der Waals surface area (Å²) >= 11 is 1.51. The largest absolute Gasteiger partial charge is 0.497 e. The molecule has 1 fully saturated rings. The number of hydrogen-bond donors (Lipinski definition) is 0. The Morgan fingerprint density at radius 2 is 1.84 bits per heavy atom. The van der Waals surface area contributed by atoms with Crippen molar-refractivity contribution in [1.82, 2.24) is 8.87 Å². The summed E-state index contributed by atoms with van der Waals surface area (Å²) in [5.74, 6) is 0.162. The average molecular weight is 474 g/mol. The van der Waals surface area contributed by atoms with Crippen LogP contribution in [0, 0.1) is 5.92 Å². The van der Waals surface area contributed by atoms with Crippen molar-refractivity contribution in [1.29, 1.82) is 0 Å². The minimum absolute atomic E-state index is 0.174. The number of rotatable bonds is 5. The number of para-hydroxylation sites is 1. The van der Waals surface area contributed by atoms with E-state index in [4.69, 9.17) is 4.74 Å². The Kier molecular flexibility index (Phi) is 6.50. The fourth-order valence-electron chi connectivity index (χ4n) is 4.10. The summed E-state index contributed by atoms with van der Waals surface area (Å²) in [4.78, 5) is 18.2. The summed E-state index contributed by atoms with van der Waals surface area (Å²) in [6, 6.07) is 12.5. The second-order valence-corrected chi connectivity index (χ2v) is 10.8. The summed E-state index contributed by atoms with van der Waals surface area (Å²) in [6.07, 6.45) is 1.84.